The van der Waals surface area contributed by atoms with E-state index in [4.69, 9.17) is 17.3 Å². The highest BCUT2D eigenvalue weighted by Crippen LogP contribution is 2.33. The van der Waals surface area contributed by atoms with Gasteiger partial charge in [0, 0.05) is 22.7 Å². The number of nitrogen functional groups attached to an aromatic ring is 1. The van der Waals surface area contributed by atoms with E-state index in [1.54, 1.807) is 24.5 Å². The van der Waals surface area contributed by atoms with E-state index in [0.717, 1.165) is 26.5 Å². The van der Waals surface area contributed by atoms with Crippen molar-refractivity contribution in [2.75, 3.05) is 5.73 Å². The maximum absolute atomic E-state index is 6.16. The molecule has 4 aromatic rings. The van der Waals surface area contributed by atoms with Crippen LogP contribution < -0.4 is 5.73 Å². The molecule has 3 aromatic heterocycles. The number of halogens is 1. The number of nitrogens with two attached hydrogens (primary N) is 1. The minimum Gasteiger partial charge on any atom is -0.383 e. The third-order valence-electron chi connectivity index (χ3n) is 3.38. The fourth-order valence-electron chi connectivity index (χ4n) is 2.25. The van der Waals surface area contributed by atoms with Crippen molar-refractivity contribution in [3.63, 3.8) is 0 Å². The van der Waals surface area contributed by atoms with E-state index in [1.807, 2.05) is 24.3 Å². The molecule has 0 aliphatic heterocycles. The van der Waals surface area contributed by atoms with Gasteiger partial charge in [-0.3, -0.25) is 5.10 Å². The van der Waals surface area contributed by atoms with Crippen molar-refractivity contribution in [1.29, 1.82) is 0 Å². The van der Waals surface area contributed by atoms with Crippen molar-refractivity contribution in [3.05, 3.63) is 53.8 Å². The van der Waals surface area contributed by atoms with Crippen LogP contribution >= 0.6 is 23.4 Å². The van der Waals surface area contributed by atoms with Crippen LogP contribution in [0.2, 0.25) is 5.02 Å². The van der Waals surface area contributed by atoms with Gasteiger partial charge in [0.15, 0.2) is 5.82 Å². The van der Waals surface area contributed by atoms with Gasteiger partial charge in [-0.25, -0.2) is 15.0 Å². The van der Waals surface area contributed by atoms with Crippen LogP contribution in [0.5, 0.6) is 0 Å². The summed E-state index contributed by atoms with van der Waals surface area (Å²) in [6, 6.07) is 11.2. The standard InChI is InChI=1S/C16H11ClN6S/c17-11-2-1-6-19-16(11)24-9-3-4-12-10(8-9)14(18)22-15(21-12)13-5-7-20-23-13/h1-8H,(H,20,23)(H2,18,21,22). The first-order valence-electron chi connectivity index (χ1n) is 7.06. The topological polar surface area (TPSA) is 93.4 Å². The number of aromatic amines is 1. The van der Waals surface area contributed by atoms with Crippen LogP contribution in [0.4, 0.5) is 5.82 Å². The number of nitrogens with zero attached hydrogens (tertiary/aromatic N) is 4. The second kappa shape index (κ2) is 6.10. The predicted molar refractivity (Wildman–Crippen MR) is 94.9 cm³/mol. The first-order chi connectivity index (χ1) is 11.7. The normalized spacial score (nSPS) is 11.0. The maximum atomic E-state index is 6.16. The molecule has 0 radical (unpaired) electrons. The summed E-state index contributed by atoms with van der Waals surface area (Å²) in [4.78, 5) is 14.1. The number of pyridine rings is 1. The molecule has 3 N–H and O–H groups in total. The van der Waals surface area contributed by atoms with Gasteiger partial charge >= 0.3 is 0 Å². The number of fused-ring (bicyclic) bond motifs is 1. The Morgan fingerprint density at radius 2 is 2.00 bits per heavy atom. The molecule has 1 aromatic carbocycles. The molecule has 0 saturated carbocycles. The van der Waals surface area contributed by atoms with Crippen LogP contribution in [0.1, 0.15) is 0 Å². The van der Waals surface area contributed by atoms with Gasteiger partial charge in [0.2, 0.25) is 0 Å². The highest BCUT2D eigenvalue weighted by Gasteiger charge is 2.10. The van der Waals surface area contributed by atoms with Crippen molar-refractivity contribution in [2.24, 2.45) is 0 Å². The van der Waals surface area contributed by atoms with Gasteiger partial charge in [0.25, 0.3) is 0 Å². The van der Waals surface area contributed by atoms with E-state index in [-0.39, 0.29) is 0 Å². The molecule has 0 amide bonds. The van der Waals surface area contributed by atoms with Crippen LogP contribution in [0, 0.1) is 0 Å². The van der Waals surface area contributed by atoms with Gasteiger partial charge in [-0.2, -0.15) is 5.10 Å². The van der Waals surface area contributed by atoms with Crippen LogP contribution in [0.15, 0.2) is 58.7 Å². The lowest BCUT2D eigenvalue weighted by atomic mass is 10.2. The maximum Gasteiger partial charge on any atom is 0.180 e. The second-order valence-electron chi connectivity index (χ2n) is 4.97. The molecule has 118 valence electrons. The Balaban J connectivity index is 1.75. The Bertz CT molecular complexity index is 1020. The minimum atomic E-state index is 0.416. The largest absolute Gasteiger partial charge is 0.383 e. The summed E-state index contributed by atoms with van der Waals surface area (Å²) >= 11 is 7.63. The monoisotopic (exact) mass is 354 g/mol. The zero-order chi connectivity index (χ0) is 16.5. The molecule has 0 spiro atoms. The molecule has 0 unspecified atom stereocenters. The molecule has 0 aliphatic carbocycles. The smallest absolute Gasteiger partial charge is 0.180 e. The number of H-pyrrole nitrogens is 1. The van der Waals surface area contributed by atoms with E-state index < -0.39 is 0 Å². The van der Waals surface area contributed by atoms with Gasteiger partial charge in [-0.05, 0) is 36.4 Å². The second-order valence-corrected chi connectivity index (χ2v) is 6.44. The Kier molecular flexibility index (Phi) is 3.79. The Hall–Kier alpha value is -2.64. The summed E-state index contributed by atoms with van der Waals surface area (Å²) in [5, 5.41) is 8.89. The minimum absolute atomic E-state index is 0.416. The van der Waals surface area contributed by atoms with Gasteiger partial charge in [0.05, 0.1) is 10.5 Å². The van der Waals surface area contributed by atoms with Crippen molar-refractivity contribution in [1.82, 2.24) is 25.1 Å². The number of anilines is 1. The Labute approximate surface area is 146 Å². The van der Waals surface area contributed by atoms with Crippen LogP contribution in [0.25, 0.3) is 22.4 Å². The zero-order valence-electron chi connectivity index (χ0n) is 12.3. The van der Waals surface area contributed by atoms with E-state index in [2.05, 4.69) is 25.1 Å². The molecule has 24 heavy (non-hydrogen) atoms. The number of benzene rings is 1. The summed E-state index contributed by atoms with van der Waals surface area (Å²) in [5.41, 5.74) is 7.61. The number of nitrogens with one attached hydrogen (secondary N) is 1. The third-order valence-corrected chi connectivity index (χ3v) is 4.80. The average molecular weight is 355 g/mol. The zero-order valence-corrected chi connectivity index (χ0v) is 13.8. The van der Waals surface area contributed by atoms with Crippen LogP contribution in [-0.4, -0.2) is 25.1 Å². The summed E-state index contributed by atoms with van der Waals surface area (Å²) in [6.07, 6.45) is 3.36. The van der Waals surface area contributed by atoms with Gasteiger partial charge < -0.3 is 5.73 Å². The third kappa shape index (κ3) is 2.79. The number of rotatable bonds is 3. The summed E-state index contributed by atoms with van der Waals surface area (Å²) in [5.74, 6) is 0.935. The lowest BCUT2D eigenvalue weighted by molar-refractivity contribution is 1.07. The average Bonchev–Trinajstić information content (AvgIpc) is 3.12. The van der Waals surface area contributed by atoms with E-state index in [9.17, 15) is 0 Å². The molecule has 0 bridgehead atoms. The highest BCUT2D eigenvalue weighted by molar-refractivity contribution is 7.99. The predicted octanol–water partition coefficient (Wildman–Crippen LogP) is 3.80. The van der Waals surface area contributed by atoms with Crippen LogP contribution in [0.3, 0.4) is 0 Å². The molecular weight excluding hydrogens is 344 g/mol. The lowest BCUT2D eigenvalue weighted by Crippen LogP contribution is -1.98. The van der Waals surface area contributed by atoms with Gasteiger partial charge in [-0.15, -0.1) is 0 Å². The molecule has 4 rings (SSSR count). The van der Waals surface area contributed by atoms with Gasteiger partial charge in [-0.1, -0.05) is 23.4 Å². The quantitative estimate of drug-likeness (QED) is 0.581. The number of hydrogen-bond donors (Lipinski definition) is 2. The molecule has 8 heteroatoms. The van der Waals surface area contributed by atoms with Crippen molar-refractivity contribution in [2.45, 2.75) is 9.92 Å². The van der Waals surface area contributed by atoms with Crippen molar-refractivity contribution in [3.8, 4) is 11.5 Å². The lowest BCUT2D eigenvalue weighted by Gasteiger charge is -2.07. The fourth-order valence-corrected chi connectivity index (χ4v) is 3.31. The van der Waals surface area contributed by atoms with Crippen molar-refractivity contribution >= 4 is 40.1 Å². The Morgan fingerprint density at radius 3 is 2.79 bits per heavy atom. The molecule has 0 atom stereocenters. The van der Waals surface area contributed by atoms with E-state index >= 15 is 0 Å². The molecule has 0 aliphatic rings. The SMILES string of the molecule is Nc1nc(-c2ccn[nH]2)nc2ccc(Sc3ncccc3Cl)cc12. The summed E-state index contributed by atoms with van der Waals surface area (Å²) < 4.78 is 0. The molecule has 3 heterocycles. The summed E-state index contributed by atoms with van der Waals surface area (Å²) in [7, 11) is 0. The first kappa shape index (κ1) is 14.9. The van der Waals surface area contributed by atoms with Crippen LogP contribution in [-0.2, 0) is 0 Å². The van der Waals surface area contributed by atoms with E-state index in [0.29, 0.717) is 16.7 Å². The Morgan fingerprint density at radius 1 is 1.08 bits per heavy atom. The summed E-state index contributed by atoms with van der Waals surface area (Å²) in [6.45, 7) is 0. The van der Waals surface area contributed by atoms with Gasteiger partial charge in [0.1, 0.15) is 16.5 Å². The molecule has 6 nitrogen and oxygen atoms in total. The highest BCUT2D eigenvalue weighted by atomic mass is 35.5. The molecule has 0 fully saturated rings. The fraction of sp³-hybridized carbons (Fsp3) is 0. The number of hydrogen-bond acceptors (Lipinski definition) is 6. The van der Waals surface area contributed by atoms with E-state index in [1.165, 1.54) is 11.8 Å². The molecular formula is C16H11ClN6S. The molecule has 0 saturated heterocycles. The number of aromatic nitrogens is 5. The first-order valence-corrected chi connectivity index (χ1v) is 8.25. The van der Waals surface area contributed by atoms with Crippen molar-refractivity contribution < 1.29 is 0 Å².